The van der Waals surface area contributed by atoms with Crippen molar-refractivity contribution in [2.24, 2.45) is 11.8 Å². The third kappa shape index (κ3) is 12.9. The average molecular weight is 1120 g/mol. The smallest absolute Gasteiger partial charge is 0.270 e. The molecule has 8 heteroatoms. The number of ketones is 2. The van der Waals surface area contributed by atoms with Gasteiger partial charge in [-0.25, -0.2) is 10.1 Å². The fraction of sp³-hybridized carbons (Fsp3) is 0.405. The van der Waals surface area contributed by atoms with E-state index in [9.17, 15) is 25.4 Å². The van der Waals surface area contributed by atoms with Gasteiger partial charge in [-0.1, -0.05) is 217 Å². The lowest BCUT2D eigenvalue weighted by Gasteiger charge is -2.17. The second-order valence-corrected chi connectivity index (χ2v) is 25.2. The molecule has 0 saturated heterocycles. The van der Waals surface area contributed by atoms with E-state index in [4.69, 9.17) is 6.57 Å². The van der Waals surface area contributed by atoms with Crippen LogP contribution in [0.2, 0.25) is 0 Å². The molecule has 6 nitrogen and oxygen atoms in total. The van der Waals surface area contributed by atoms with Gasteiger partial charge in [-0.15, -0.1) is 22.7 Å². The van der Waals surface area contributed by atoms with Crippen LogP contribution in [0.4, 0.5) is 0 Å². The second kappa shape index (κ2) is 28.7. The highest BCUT2D eigenvalue weighted by Crippen LogP contribution is 2.57. The normalized spacial score (nSPS) is 16.9. The molecule has 0 spiro atoms. The van der Waals surface area contributed by atoms with E-state index in [0.717, 1.165) is 41.0 Å². The monoisotopic (exact) mass is 1120 g/mol. The summed E-state index contributed by atoms with van der Waals surface area (Å²) in [5, 5.41) is 30.7. The number of fused-ring (bicyclic) bond motifs is 8. The summed E-state index contributed by atoms with van der Waals surface area (Å²) in [6.07, 6.45) is 38.2. The Hall–Kier alpha value is -7.20. The van der Waals surface area contributed by atoms with Crippen LogP contribution in [-0.4, -0.2) is 11.6 Å². The minimum absolute atomic E-state index is 0.0609. The zero-order valence-corrected chi connectivity index (χ0v) is 50.4. The predicted molar refractivity (Wildman–Crippen MR) is 342 cm³/mol. The molecule has 3 aromatic carbocycles. The highest BCUT2D eigenvalue weighted by atomic mass is 32.1. The molecule has 0 radical (unpaired) electrons. The third-order valence-electron chi connectivity index (χ3n) is 17.2. The molecule has 82 heavy (non-hydrogen) atoms. The van der Waals surface area contributed by atoms with E-state index in [1.54, 1.807) is 34.8 Å². The first-order valence-electron chi connectivity index (χ1n) is 30.9. The Labute approximate surface area is 496 Å². The van der Waals surface area contributed by atoms with E-state index in [0.29, 0.717) is 56.4 Å². The molecule has 2 aromatic heterocycles. The zero-order valence-electron chi connectivity index (χ0n) is 48.8. The number of hydrogen-bond donors (Lipinski definition) is 0. The standard InChI is InChI=1S/C74H78N4O2S2/c1-6-10-14-18-20-24-32-49(30-22-16-12-8-3)38-58-60-45-65-61(44-64(60)73-62(58)40-52(81-73)42-66-69(51(46-75)47-76)54-34-26-28-36-56(54)71(66)79)59(39-50(31-23-17-13-9-4)33-25-21-19-15-11-7-2)63-41-53(82-74(63)65)43-67-70(68(48-77)78-5)55-35-27-29-37-57(55)72(67)80/h26-29,34-45,49-50H,6-25,30-33H2,1-4H3/b58-38?,59-39?,66-42-,67-43-,70-68+. The Morgan fingerprint density at radius 1 is 0.451 bits per heavy atom. The molecule has 0 fully saturated rings. The fourth-order valence-electron chi connectivity index (χ4n) is 12.9. The molecular formula is C74H78N4O2S2. The number of thiophene rings is 2. The van der Waals surface area contributed by atoms with E-state index in [2.05, 4.69) is 87.2 Å². The molecule has 0 N–H and O–H groups in total. The Morgan fingerprint density at radius 3 is 1.21 bits per heavy atom. The summed E-state index contributed by atoms with van der Waals surface area (Å²) in [5.74, 6) is 0.426. The lowest BCUT2D eigenvalue weighted by molar-refractivity contribution is 0.103. The van der Waals surface area contributed by atoms with Gasteiger partial charge >= 0.3 is 0 Å². The van der Waals surface area contributed by atoms with Crippen molar-refractivity contribution >= 4 is 68.7 Å². The Bertz CT molecular complexity index is 3320. The van der Waals surface area contributed by atoms with Crippen LogP contribution in [-0.2, 0) is 0 Å². The third-order valence-corrected chi connectivity index (χ3v) is 19.5. The van der Waals surface area contributed by atoms with Crippen molar-refractivity contribution in [2.75, 3.05) is 0 Å². The number of unbranched alkanes of at least 4 members (excludes halogenated alkanes) is 16. The maximum atomic E-state index is 14.3. The number of benzene rings is 3. The van der Waals surface area contributed by atoms with Crippen LogP contribution in [0.3, 0.4) is 0 Å². The van der Waals surface area contributed by atoms with Crippen molar-refractivity contribution in [3.63, 3.8) is 0 Å². The number of carbonyl (C=O) groups is 2. The van der Waals surface area contributed by atoms with E-state index in [1.807, 2.05) is 48.6 Å². The number of Topliss-reactive ketones (excluding diaryl/α,β-unsaturated/α-hetero) is 2. The van der Waals surface area contributed by atoms with Crippen LogP contribution in [0.25, 0.3) is 60.2 Å². The van der Waals surface area contributed by atoms with Crippen molar-refractivity contribution < 1.29 is 9.59 Å². The quantitative estimate of drug-likeness (QED) is 0.0210. The summed E-state index contributed by atoms with van der Waals surface area (Å²) in [6, 6.07) is 30.4. The van der Waals surface area contributed by atoms with Gasteiger partial charge in [0.05, 0.1) is 12.6 Å². The molecule has 4 aliphatic rings. The summed E-state index contributed by atoms with van der Waals surface area (Å²) in [6.45, 7) is 17.1. The Balaban J connectivity index is 1.22. The maximum absolute atomic E-state index is 14.3. The largest absolute Gasteiger partial charge is 0.289 e. The number of allylic oxidation sites excluding steroid dienone is 8. The summed E-state index contributed by atoms with van der Waals surface area (Å²) >= 11 is 3.37. The van der Waals surface area contributed by atoms with Crippen LogP contribution >= 0.6 is 22.7 Å². The van der Waals surface area contributed by atoms with E-state index in [1.165, 1.54) is 177 Å². The van der Waals surface area contributed by atoms with E-state index >= 15 is 0 Å². The predicted octanol–water partition coefficient (Wildman–Crippen LogP) is 21.8. The second-order valence-electron chi connectivity index (χ2n) is 23.0. The van der Waals surface area contributed by atoms with E-state index in [-0.39, 0.29) is 22.8 Å². The molecule has 2 unspecified atom stereocenters. The molecule has 0 bridgehead atoms. The summed E-state index contributed by atoms with van der Waals surface area (Å²) < 4.78 is 0. The van der Waals surface area contributed by atoms with Gasteiger partial charge in [0.2, 0.25) is 0 Å². The lowest BCUT2D eigenvalue weighted by Crippen LogP contribution is -2.00. The van der Waals surface area contributed by atoms with Gasteiger partial charge < -0.3 is 0 Å². The first-order valence-corrected chi connectivity index (χ1v) is 32.6. The Morgan fingerprint density at radius 2 is 0.817 bits per heavy atom. The summed E-state index contributed by atoms with van der Waals surface area (Å²) in [7, 11) is 0. The Kier molecular flexibility index (Phi) is 20.8. The molecular weight excluding hydrogens is 1040 g/mol. The molecule has 0 amide bonds. The van der Waals surface area contributed by atoms with Gasteiger partial charge in [0.1, 0.15) is 17.7 Å². The van der Waals surface area contributed by atoms with Gasteiger partial charge in [0.25, 0.3) is 5.70 Å². The zero-order chi connectivity index (χ0) is 57.5. The van der Waals surface area contributed by atoms with Crippen LogP contribution in [0, 0.1) is 52.4 Å². The fourth-order valence-corrected chi connectivity index (χ4v) is 15.2. The molecule has 4 aliphatic carbocycles. The molecule has 2 heterocycles. The molecule has 418 valence electrons. The van der Waals surface area contributed by atoms with Gasteiger partial charge in [-0.3, -0.25) is 9.59 Å². The first kappa shape index (κ1) is 59.4. The van der Waals surface area contributed by atoms with Gasteiger partial charge in [-0.05, 0) is 107 Å². The first-order chi connectivity index (χ1) is 40.2. The van der Waals surface area contributed by atoms with Gasteiger partial charge in [-0.2, -0.15) is 10.5 Å². The number of carbonyl (C=O) groups excluding carboxylic acids is 2. The highest BCUT2D eigenvalue weighted by Gasteiger charge is 2.37. The summed E-state index contributed by atoms with van der Waals surface area (Å²) in [5.41, 5.74) is 13.4. The number of hydrogen-bond acceptors (Lipinski definition) is 7. The van der Waals surface area contributed by atoms with Crippen LogP contribution in [0.15, 0.2) is 107 Å². The van der Waals surface area contributed by atoms with Gasteiger partial charge in [0, 0.05) is 75.2 Å². The van der Waals surface area contributed by atoms with Crippen LogP contribution in [0.1, 0.15) is 246 Å². The van der Waals surface area contributed by atoms with E-state index < -0.39 is 0 Å². The van der Waals surface area contributed by atoms with Crippen LogP contribution in [0.5, 0.6) is 0 Å². The SMILES string of the molecule is [C-]#[N+]/C(C#N)=C1/C(=C/c2cc3c(s2)-c2cc4c(cc2C3=CC(CCCCCC)CCCCCCCC)-c2sc(/C=C3\C(=O)c5ccccc5C3=C(C#N)C#N)cc2C4=CC(CCCCCC)CCCCCCCC)C(=O)c2ccccc21. The average Bonchev–Trinajstić information content (AvgIpc) is 4.04. The van der Waals surface area contributed by atoms with Gasteiger partial charge in [0.15, 0.2) is 11.6 Å². The molecule has 9 rings (SSSR count). The lowest BCUT2D eigenvalue weighted by atomic mass is 9.88. The number of rotatable bonds is 28. The highest BCUT2D eigenvalue weighted by molar-refractivity contribution is 7.17. The molecule has 0 saturated carbocycles. The minimum Gasteiger partial charge on any atom is -0.289 e. The molecule has 2 atom stereocenters. The van der Waals surface area contributed by atoms with Crippen molar-refractivity contribution in [1.29, 1.82) is 15.8 Å². The van der Waals surface area contributed by atoms with Crippen molar-refractivity contribution in [1.82, 2.24) is 0 Å². The number of nitriles is 3. The van der Waals surface area contributed by atoms with Crippen molar-refractivity contribution in [2.45, 2.75) is 182 Å². The van der Waals surface area contributed by atoms with Crippen molar-refractivity contribution in [3.8, 4) is 39.1 Å². The van der Waals surface area contributed by atoms with Crippen molar-refractivity contribution in [3.05, 3.63) is 173 Å². The minimum atomic E-state index is -0.172. The van der Waals surface area contributed by atoms with Crippen LogP contribution < -0.4 is 0 Å². The molecule has 0 aliphatic heterocycles. The summed E-state index contributed by atoms with van der Waals surface area (Å²) in [4.78, 5) is 36.4. The number of nitrogens with zero attached hydrogens (tertiary/aromatic N) is 4. The topological polar surface area (TPSA) is 110 Å². The maximum Gasteiger partial charge on any atom is 0.270 e. The molecule has 5 aromatic rings.